The molecule has 0 spiro atoms. The van der Waals surface area contributed by atoms with Crippen molar-refractivity contribution in [1.82, 2.24) is 0 Å². The molecule has 4 aromatic carbocycles. The van der Waals surface area contributed by atoms with Gasteiger partial charge in [0.2, 0.25) is 0 Å². The summed E-state index contributed by atoms with van der Waals surface area (Å²) >= 11 is 5.45. The van der Waals surface area contributed by atoms with E-state index in [0.29, 0.717) is 24.3 Å². The maximum atomic E-state index is 14.8. The Morgan fingerprint density at radius 3 is 0.632 bits per heavy atom. The Hall–Kier alpha value is -3.76. The highest BCUT2D eigenvalue weighted by Crippen LogP contribution is 2.63. The maximum Gasteiger partial charge on any atom is 0.385 e. The Morgan fingerprint density at radius 2 is 0.439 bits per heavy atom. The highest BCUT2D eigenvalue weighted by Gasteiger charge is 2.88. The van der Waals surface area contributed by atoms with Gasteiger partial charge in [-0.3, -0.25) is 0 Å². The van der Waals surface area contributed by atoms with Gasteiger partial charge in [-0.15, -0.1) is 0 Å². The van der Waals surface area contributed by atoms with E-state index in [4.69, 9.17) is 4.74 Å². The first kappa shape index (κ1) is 45.9. The average Bonchev–Trinajstić information content (AvgIpc) is 3.11. The van der Waals surface area contributed by atoms with Crippen LogP contribution in [0.15, 0.2) is 106 Å². The van der Waals surface area contributed by atoms with Crippen molar-refractivity contribution in [3.05, 3.63) is 128 Å². The minimum atomic E-state index is -7.46. The minimum absolute atomic E-state index is 0.0434. The van der Waals surface area contributed by atoms with Crippen LogP contribution in [0.4, 0.5) is 87.8 Å². The van der Waals surface area contributed by atoms with E-state index in [9.17, 15) is 87.8 Å². The van der Waals surface area contributed by atoms with Crippen LogP contribution >= 0.6 is 31.9 Å². The molecule has 0 heterocycles. The molecule has 0 bridgehead atoms. The molecular weight excluding hydrogens is 964 g/mol. The van der Waals surface area contributed by atoms with Gasteiger partial charge in [0.15, 0.2) is 0 Å². The number of halogens is 22. The summed E-state index contributed by atoms with van der Waals surface area (Å²) in [5.74, 6) is -70.3. The molecule has 0 aliphatic heterocycles. The Bertz CT molecular complexity index is 1880. The molecule has 0 atom stereocenters. The normalized spacial score (nSPS) is 14.5. The second kappa shape index (κ2) is 14.5. The van der Waals surface area contributed by atoms with E-state index in [1.807, 2.05) is 0 Å². The molecular formula is C34H16Br2F20O. The van der Waals surface area contributed by atoms with Gasteiger partial charge in [-0.05, 0) is 72.8 Å². The fourth-order valence-corrected chi connectivity index (χ4v) is 5.36. The van der Waals surface area contributed by atoms with E-state index in [1.165, 1.54) is 0 Å². The van der Waals surface area contributed by atoms with Gasteiger partial charge in [0.05, 0.1) is 0 Å². The molecule has 0 aromatic heterocycles. The van der Waals surface area contributed by atoms with Crippen molar-refractivity contribution in [2.45, 2.75) is 59.2 Å². The van der Waals surface area contributed by atoms with Gasteiger partial charge in [0.25, 0.3) is 0 Å². The standard InChI is InChI=1S/C34H16Br2F20O/c35-21-9-1-17(2-10-21)25(37,38)29(45,46)33(53,54)31(49,50)27(41,42)19-5-13-23(14-6-19)57-24-15-7-20(8-16-24)28(43,44)32(51,52)34(55,56)30(47,48)26(39,40)18-3-11-22(36)12-4-18/h1-16H. The van der Waals surface area contributed by atoms with Crippen molar-refractivity contribution in [2.75, 3.05) is 0 Å². The van der Waals surface area contributed by atoms with Crippen LogP contribution in [0.1, 0.15) is 22.3 Å². The smallest absolute Gasteiger partial charge is 0.385 e. The molecule has 0 saturated heterocycles. The molecule has 0 fully saturated rings. The Morgan fingerprint density at radius 1 is 0.263 bits per heavy atom. The lowest BCUT2D eigenvalue weighted by atomic mass is 9.88. The number of hydrogen-bond acceptors (Lipinski definition) is 1. The van der Waals surface area contributed by atoms with Crippen molar-refractivity contribution in [3.8, 4) is 11.5 Å². The largest absolute Gasteiger partial charge is 0.457 e. The first-order valence-electron chi connectivity index (χ1n) is 14.9. The summed E-state index contributed by atoms with van der Waals surface area (Å²) < 4.78 is 297. The highest BCUT2D eigenvalue weighted by molar-refractivity contribution is 9.10. The van der Waals surface area contributed by atoms with Crippen LogP contribution in [0.5, 0.6) is 11.5 Å². The van der Waals surface area contributed by atoms with Crippen molar-refractivity contribution >= 4 is 31.9 Å². The van der Waals surface area contributed by atoms with Gasteiger partial charge in [0.1, 0.15) is 11.5 Å². The molecule has 0 N–H and O–H groups in total. The minimum Gasteiger partial charge on any atom is -0.457 e. The molecule has 0 amide bonds. The molecule has 4 aromatic rings. The summed E-state index contributed by atoms with van der Waals surface area (Å²) in [7, 11) is 0. The fraction of sp³-hybridized carbons (Fsp3) is 0.294. The van der Waals surface area contributed by atoms with Gasteiger partial charge < -0.3 is 4.74 Å². The zero-order chi connectivity index (χ0) is 43.6. The Balaban J connectivity index is 1.56. The SMILES string of the molecule is FC(F)(c1ccc(Br)cc1)C(F)(F)C(F)(F)C(F)(F)C(F)(F)c1ccc(Oc2ccc(C(F)(F)C(F)(F)C(F)(F)C(F)(F)C(F)(F)c3ccc(Br)cc3)cc2)cc1. The van der Waals surface area contributed by atoms with Crippen LogP contribution in [0.2, 0.25) is 0 Å². The molecule has 0 aliphatic rings. The zero-order valence-electron chi connectivity index (χ0n) is 27.0. The second-order valence-corrected chi connectivity index (χ2v) is 13.7. The van der Waals surface area contributed by atoms with Crippen LogP contribution in [0.3, 0.4) is 0 Å². The molecule has 0 radical (unpaired) electrons. The molecule has 4 rings (SSSR count). The van der Waals surface area contributed by atoms with E-state index in [1.54, 1.807) is 0 Å². The first-order valence-corrected chi connectivity index (χ1v) is 16.4. The van der Waals surface area contributed by atoms with E-state index in [2.05, 4.69) is 31.9 Å². The summed E-state index contributed by atoms with van der Waals surface area (Å²) in [4.78, 5) is 0. The second-order valence-electron chi connectivity index (χ2n) is 11.9. The quantitative estimate of drug-likeness (QED) is 0.114. The van der Waals surface area contributed by atoms with E-state index in [-0.39, 0.29) is 81.7 Å². The summed E-state index contributed by atoms with van der Waals surface area (Å²) in [6, 6.07) is 3.41. The monoisotopic (exact) mass is 978 g/mol. The van der Waals surface area contributed by atoms with Gasteiger partial charge in [0, 0.05) is 31.2 Å². The summed E-state index contributed by atoms with van der Waals surface area (Å²) in [5, 5.41) is 0. The fourth-order valence-electron chi connectivity index (χ4n) is 4.83. The molecule has 1 nitrogen and oxygen atoms in total. The number of ether oxygens (including phenoxy) is 1. The van der Waals surface area contributed by atoms with Crippen molar-refractivity contribution in [1.29, 1.82) is 0 Å². The van der Waals surface area contributed by atoms with Gasteiger partial charge in [-0.2, -0.15) is 87.8 Å². The first-order chi connectivity index (χ1) is 25.7. The summed E-state index contributed by atoms with van der Waals surface area (Å²) in [6.07, 6.45) is 0. The van der Waals surface area contributed by atoms with Crippen LogP contribution in [0.25, 0.3) is 0 Å². The molecule has 312 valence electrons. The van der Waals surface area contributed by atoms with Crippen LogP contribution in [-0.2, 0) is 23.7 Å². The van der Waals surface area contributed by atoms with Crippen LogP contribution in [-0.4, -0.2) is 35.5 Å². The Labute approximate surface area is 322 Å². The molecule has 23 heteroatoms. The van der Waals surface area contributed by atoms with Crippen molar-refractivity contribution in [2.24, 2.45) is 0 Å². The molecule has 0 aliphatic carbocycles. The number of hydrogen-bond donors (Lipinski definition) is 0. The average molecular weight is 980 g/mol. The van der Waals surface area contributed by atoms with Crippen LogP contribution < -0.4 is 4.74 Å². The van der Waals surface area contributed by atoms with Crippen molar-refractivity contribution < 1.29 is 92.5 Å². The molecule has 0 saturated carbocycles. The lowest BCUT2D eigenvalue weighted by molar-refractivity contribution is -0.407. The van der Waals surface area contributed by atoms with Gasteiger partial charge in [-0.1, -0.05) is 56.1 Å². The highest BCUT2D eigenvalue weighted by atomic mass is 79.9. The third-order valence-electron chi connectivity index (χ3n) is 8.24. The van der Waals surface area contributed by atoms with E-state index >= 15 is 0 Å². The topological polar surface area (TPSA) is 9.23 Å². The molecule has 57 heavy (non-hydrogen) atoms. The summed E-state index contributed by atoms with van der Waals surface area (Å²) in [5.41, 5.74) is -8.28. The van der Waals surface area contributed by atoms with Gasteiger partial charge in [-0.25, -0.2) is 0 Å². The van der Waals surface area contributed by atoms with E-state index < -0.39 is 93.0 Å². The van der Waals surface area contributed by atoms with E-state index in [0.717, 1.165) is 0 Å². The number of rotatable bonds is 14. The van der Waals surface area contributed by atoms with Crippen LogP contribution in [0, 0.1) is 0 Å². The third kappa shape index (κ3) is 7.10. The third-order valence-corrected chi connectivity index (χ3v) is 9.30. The Kier molecular flexibility index (Phi) is 11.7. The van der Waals surface area contributed by atoms with Gasteiger partial charge >= 0.3 is 59.2 Å². The lowest BCUT2D eigenvalue weighted by Gasteiger charge is -2.39. The lowest BCUT2D eigenvalue weighted by Crippen LogP contribution is -2.65. The predicted molar refractivity (Wildman–Crippen MR) is 166 cm³/mol. The zero-order valence-corrected chi connectivity index (χ0v) is 30.1. The summed E-state index contributed by atoms with van der Waals surface area (Å²) in [6.45, 7) is 0. The van der Waals surface area contributed by atoms with Crippen molar-refractivity contribution in [3.63, 3.8) is 0 Å². The number of alkyl halides is 20. The molecule has 0 unspecified atom stereocenters. The maximum absolute atomic E-state index is 14.8. The predicted octanol–water partition coefficient (Wildman–Crippen LogP) is 14.6. The number of benzene rings is 4.